The maximum absolute atomic E-state index is 12.0. The number of rotatable bonds is 4. The second-order valence-corrected chi connectivity index (χ2v) is 6.45. The Bertz CT molecular complexity index is 729. The van der Waals surface area contributed by atoms with Gasteiger partial charge in [0, 0.05) is 10.2 Å². The molecule has 2 rings (SSSR count). The molecule has 0 aliphatic rings. The molecule has 0 bridgehead atoms. The lowest BCUT2D eigenvalue weighted by Gasteiger charge is -2.15. The van der Waals surface area contributed by atoms with Crippen molar-refractivity contribution in [2.24, 2.45) is 0 Å². The molecule has 23 heavy (non-hydrogen) atoms. The van der Waals surface area contributed by atoms with Gasteiger partial charge in [0.05, 0.1) is 0 Å². The van der Waals surface area contributed by atoms with Crippen molar-refractivity contribution in [2.45, 2.75) is 27.7 Å². The second kappa shape index (κ2) is 7.51. The predicted molar refractivity (Wildman–Crippen MR) is 97.2 cm³/mol. The molecular weight excluding hydrogens is 356 g/mol. The number of hydrogen-bond acceptors (Lipinski definition) is 2. The molecule has 0 spiro atoms. The van der Waals surface area contributed by atoms with Crippen LogP contribution in [0.2, 0.25) is 0 Å². The van der Waals surface area contributed by atoms with Gasteiger partial charge in [0.15, 0.2) is 6.73 Å². The average Bonchev–Trinajstić information content (AvgIpc) is 2.49. The third-order valence-corrected chi connectivity index (χ3v) is 4.25. The Morgan fingerprint density at radius 3 is 2.43 bits per heavy atom. The number of amides is 2. The summed E-state index contributed by atoms with van der Waals surface area (Å²) in [5.41, 5.74) is 5.07. The molecule has 0 radical (unpaired) electrons. The first kappa shape index (κ1) is 17.3. The lowest BCUT2D eigenvalue weighted by atomic mass is 10.1. The molecule has 0 aromatic heterocycles. The van der Waals surface area contributed by atoms with Crippen LogP contribution in [0.15, 0.2) is 34.8 Å². The number of nitrogens with one attached hydrogen (secondary N) is 2. The van der Waals surface area contributed by atoms with E-state index >= 15 is 0 Å². The number of anilines is 1. The minimum atomic E-state index is -0.293. The summed E-state index contributed by atoms with van der Waals surface area (Å²) in [6.07, 6.45) is 0. The molecule has 0 saturated heterocycles. The van der Waals surface area contributed by atoms with Crippen molar-refractivity contribution in [1.82, 2.24) is 5.32 Å². The quantitative estimate of drug-likeness (QED) is 0.749. The normalized spacial score (nSPS) is 10.3. The molecule has 0 aliphatic carbocycles. The standard InChI is InChI=1S/C18H21BrN2O2/c1-11-5-6-12(2)17(14(11)4)23-10-20-18(22)21-16-8-7-15(19)9-13(16)3/h5-9H,10H2,1-4H3,(H2,20,21,22). The fourth-order valence-electron chi connectivity index (χ4n) is 2.26. The maximum atomic E-state index is 12.0. The van der Waals surface area contributed by atoms with E-state index in [1.54, 1.807) is 0 Å². The molecule has 2 aromatic carbocycles. The summed E-state index contributed by atoms with van der Waals surface area (Å²) in [4.78, 5) is 12.0. The van der Waals surface area contributed by atoms with Gasteiger partial charge in [-0.25, -0.2) is 4.79 Å². The highest BCUT2D eigenvalue weighted by molar-refractivity contribution is 9.10. The zero-order chi connectivity index (χ0) is 17.0. The Balaban J connectivity index is 1.92. The van der Waals surface area contributed by atoms with Crippen LogP contribution in [0.25, 0.3) is 0 Å². The van der Waals surface area contributed by atoms with Crippen molar-refractivity contribution >= 4 is 27.6 Å². The lowest BCUT2D eigenvalue weighted by Crippen LogP contribution is -2.32. The van der Waals surface area contributed by atoms with E-state index in [9.17, 15) is 4.79 Å². The molecule has 122 valence electrons. The van der Waals surface area contributed by atoms with E-state index < -0.39 is 0 Å². The van der Waals surface area contributed by atoms with Gasteiger partial charge in [0.2, 0.25) is 0 Å². The van der Waals surface area contributed by atoms with Crippen LogP contribution in [0, 0.1) is 27.7 Å². The number of urea groups is 1. The number of carbonyl (C=O) groups is 1. The highest BCUT2D eigenvalue weighted by atomic mass is 79.9. The van der Waals surface area contributed by atoms with Gasteiger partial charge in [-0.15, -0.1) is 0 Å². The van der Waals surface area contributed by atoms with E-state index in [4.69, 9.17) is 4.74 Å². The number of carbonyl (C=O) groups excluding carboxylic acids is 1. The zero-order valence-electron chi connectivity index (χ0n) is 13.8. The van der Waals surface area contributed by atoms with Crippen molar-refractivity contribution in [1.29, 1.82) is 0 Å². The summed E-state index contributed by atoms with van der Waals surface area (Å²) in [6, 6.07) is 9.48. The van der Waals surface area contributed by atoms with Gasteiger partial charge in [0.25, 0.3) is 0 Å². The molecule has 4 nitrogen and oxygen atoms in total. The molecular formula is C18H21BrN2O2. The average molecular weight is 377 g/mol. The van der Waals surface area contributed by atoms with Crippen LogP contribution in [0.5, 0.6) is 5.75 Å². The Morgan fingerprint density at radius 1 is 1.04 bits per heavy atom. The summed E-state index contributed by atoms with van der Waals surface area (Å²) < 4.78 is 6.71. The van der Waals surface area contributed by atoms with E-state index in [0.29, 0.717) is 0 Å². The zero-order valence-corrected chi connectivity index (χ0v) is 15.4. The fourth-order valence-corrected chi connectivity index (χ4v) is 2.73. The summed E-state index contributed by atoms with van der Waals surface area (Å²) in [5.74, 6) is 0.824. The molecule has 2 aromatic rings. The highest BCUT2D eigenvalue weighted by Gasteiger charge is 2.08. The highest BCUT2D eigenvalue weighted by Crippen LogP contribution is 2.25. The largest absolute Gasteiger partial charge is 0.473 e. The minimum Gasteiger partial charge on any atom is -0.473 e. The molecule has 0 unspecified atom stereocenters. The smallest absolute Gasteiger partial charge is 0.321 e. The summed E-state index contributed by atoms with van der Waals surface area (Å²) in [7, 11) is 0. The van der Waals surface area contributed by atoms with Gasteiger partial charge in [-0.2, -0.15) is 0 Å². The molecule has 2 amide bonds. The van der Waals surface area contributed by atoms with Gasteiger partial charge in [-0.1, -0.05) is 28.1 Å². The molecule has 0 atom stereocenters. The number of aryl methyl sites for hydroxylation is 3. The van der Waals surface area contributed by atoms with E-state index in [1.807, 2.05) is 52.0 Å². The second-order valence-electron chi connectivity index (χ2n) is 5.53. The predicted octanol–water partition coefficient (Wildman–Crippen LogP) is 4.84. The van der Waals surface area contributed by atoms with E-state index in [-0.39, 0.29) is 12.8 Å². The van der Waals surface area contributed by atoms with Crippen LogP contribution in [0.1, 0.15) is 22.3 Å². The van der Waals surface area contributed by atoms with Crippen LogP contribution in [0.3, 0.4) is 0 Å². The Hall–Kier alpha value is -2.01. The Labute approximate surface area is 145 Å². The van der Waals surface area contributed by atoms with Gasteiger partial charge >= 0.3 is 6.03 Å². The molecule has 5 heteroatoms. The topological polar surface area (TPSA) is 50.4 Å². The summed E-state index contributed by atoms with van der Waals surface area (Å²) >= 11 is 3.40. The van der Waals surface area contributed by atoms with Crippen LogP contribution >= 0.6 is 15.9 Å². The first-order valence-electron chi connectivity index (χ1n) is 7.39. The number of halogens is 1. The van der Waals surface area contributed by atoms with Crippen molar-refractivity contribution < 1.29 is 9.53 Å². The van der Waals surface area contributed by atoms with E-state index in [2.05, 4.69) is 32.6 Å². The van der Waals surface area contributed by atoms with E-state index in [0.717, 1.165) is 32.6 Å². The van der Waals surface area contributed by atoms with Crippen molar-refractivity contribution in [3.63, 3.8) is 0 Å². The molecule has 2 N–H and O–H groups in total. The number of ether oxygens (including phenoxy) is 1. The molecule has 0 fully saturated rings. The third kappa shape index (κ3) is 4.48. The van der Waals surface area contributed by atoms with Crippen molar-refractivity contribution in [2.75, 3.05) is 12.0 Å². The SMILES string of the molecule is Cc1cc(Br)ccc1NC(=O)NCOc1c(C)ccc(C)c1C. The van der Waals surface area contributed by atoms with Crippen LogP contribution in [0.4, 0.5) is 10.5 Å². The van der Waals surface area contributed by atoms with Gasteiger partial charge < -0.3 is 15.4 Å². The monoisotopic (exact) mass is 376 g/mol. The Kier molecular flexibility index (Phi) is 5.66. The first-order chi connectivity index (χ1) is 10.9. The third-order valence-electron chi connectivity index (χ3n) is 3.76. The summed E-state index contributed by atoms with van der Waals surface area (Å²) in [6.45, 7) is 8.11. The summed E-state index contributed by atoms with van der Waals surface area (Å²) in [5, 5.41) is 5.52. The van der Waals surface area contributed by atoms with Crippen molar-refractivity contribution in [3.05, 3.63) is 57.1 Å². The maximum Gasteiger partial charge on any atom is 0.321 e. The molecule has 0 aliphatic heterocycles. The van der Waals surface area contributed by atoms with Gasteiger partial charge in [0.1, 0.15) is 5.75 Å². The van der Waals surface area contributed by atoms with Crippen molar-refractivity contribution in [3.8, 4) is 5.75 Å². The van der Waals surface area contributed by atoms with E-state index in [1.165, 1.54) is 5.56 Å². The number of benzene rings is 2. The molecule has 0 heterocycles. The minimum absolute atomic E-state index is 0.118. The number of hydrogen-bond donors (Lipinski definition) is 2. The molecule has 0 saturated carbocycles. The fraction of sp³-hybridized carbons (Fsp3) is 0.278. The first-order valence-corrected chi connectivity index (χ1v) is 8.18. The van der Waals surface area contributed by atoms with Gasteiger partial charge in [-0.05, 0) is 68.1 Å². The van der Waals surface area contributed by atoms with Crippen LogP contribution < -0.4 is 15.4 Å². The van der Waals surface area contributed by atoms with Crippen LogP contribution in [-0.2, 0) is 0 Å². The Morgan fingerprint density at radius 2 is 1.74 bits per heavy atom. The lowest BCUT2D eigenvalue weighted by molar-refractivity contribution is 0.234. The van der Waals surface area contributed by atoms with Crippen LogP contribution in [-0.4, -0.2) is 12.8 Å². The van der Waals surface area contributed by atoms with Gasteiger partial charge in [-0.3, -0.25) is 0 Å².